The molecule has 0 heterocycles. The molecule has 0 amide bonds. The van der Waals surface area contributed by atoms with Crippen molar-refractivity contribution in [3.63, 3.8) is 0 Å². The molecule has 0 aliphatic heterocycles. The highest BCUT2D eigenvalue weighted by Gasteiger charge is 1.83. The van der Waals surface area contributed by atoms with E-state index in [1.54, 1.807) is 13.2 Å². The van der Waals surface area contributed by atoms with E-state index < -0.39 is 0 Å². The molecule has 56 valence electrons. The monoisotopic (exact) mass is 178 g/mol. The molecule has 0 fully saturated rings. The Bertz CT molecular complexity index is 163. The van der Waals surface area contributed by atoms with E-state index in [9.17, 15) is 0 Å². The minimum atomic E-state index is 0.385. The van der Waals surface area contributed by atoms with Crippen LogP contribution in [0.1, 0.15) is 0 Å². The van der Waals surface area contributed by atoms with Gasteiger partial charge in [-0.25, -0.2) is 0 Å². The molecular formula is C6H8Cl2N2. The summed E-state index contributed by atoms with van der Waals surface area (Å²) in [7, 11) is 1.74. The third-order valence-corrected chi connectivity index (χ3v) is 1.29. The maximum Gasteiger partial charge on any atom is 0.0719 e. The van der Waals surface area contributed by atoms with E-state index in [-0.39, 0.29) is 0 Å². The zero-order valence-electron chi connectivity index (χ0n) is 5.59. The third kappa shape index (κ3) is 4.41. The third-order valence-electron chi connectivity index (χ3n) is 0.732. The second kappa shape index (κ2) is 5.33. The predicted octanol–water partition coefficient (Wildman–Crippen LogP) is 2.37. The zero-order valence-corrected chi connectivity index (χ0v) is 7.10. The summed E-state index contributed by atoms with van der Waals surface area (Å²) in [5.41, 5.74) is 1.24. The van der Waals surface area contributed by atoms with Gasteiger partial charge in [0, 0.05) is 18.8 Å². The largest absolute Gasteiger partial charge is 0.276 e. The Hall–Kier alpha value is -0.470. The van der Waals surface area contributed by atoms with Gasteiger partial charge in [-0.05, 0) is 0 Å². The number of hydrogen-bond donors (Lipinski definition) is 0. The molecule has 2 nitrogen and oxygen atoms in total. The van der Waals surface area contributed by atoms with Crippen molar-refractivity contribution in [2.75, 3.05) is 7.05 Å². The fourth-order valence-corrected chi connectivity index (χ4v) is 0.322. The van der Waals surface area contributed by atoms with Crippen molar-refractivity contribution >= 4 is 29.4 Å². The van der Waals surface area contributed by atoms with Gasteiger partial charge in [0.05, 0.1) is 11.2 Å². The van der Waals surface area contributed by atoms with Gasteiger partial charge >= 0.3 is 0 Å². The first-order chi connectivity index (χ1) is 4.70. The molecule has 0 unspecified atom stereocenters. The fourth-order valence-electron chi connectivity index (χ4n) is 0.222. The molecule has 0 saturated carbocycles. The smallest absolute Gasteiger partial charge is 0.0719 e. The first-order valence-electron chi connectivity index (χ1n) is 2.56. The Labute approximate surface area is 70.4 Å². The first kappa shape index (κ1) is 9.53. The fraction of sp³-hybridized carbons (Fsp3) is 0.167. The number of hydrogen-bond acceptors (Lipinski definition) is 2. The lowest BCUT2D eigenvalue weighted by molar-refractivity contribution is 0.495. The van der Waals surface area contributed by atoms with Gasteiger partial charge in [0.15, 0.2) is 0 Å². The summed E-state index contributed by atoms with van der Waals surface area (Å²) in [5.74, 6) is 0. The van der Waals surface area contributed by atoms with Crippen LogP contribution in [0.3, 0.4) is 0 Å². The van der Waals surface area contributed by atoms with Crippen LogP contribution < -0.4 is 0 Å². The van der Waals surface area contributed by atoms with Gasteiger partial charge in [0.1, 0.15) is 0 Å². The summed E-state index contributed by atoms with van der Waals surface area (Å²) < 4.78 is 0. The van der Waals surface area contributed by atoms with E-state index in [1.165, 1.54) is 16.8 Å². The standard InChI is InChI=1S/C6H8Cl2N2/c1-3-10(2)9-5-6(8)4-7/h3-5H,1H2,2H3/b6-4-,9-5-. The van der Waals surface area contributed by atoms with Crippen LogP contribution in [0.15, 0.2) is 28.4 Å². The normalized spacial score (nSPS) is 12.1. The van der Waals surface area contributed by atoms with Crippen molar-refractivity contribution in [1.82, 2.24) is 5.01 Å². The topological polar surface area (TPSA) is 15.6 Å². The Kier molecular flexibility index (Phi) is 5.08. The summed E-state index contributed by atoms with van der Waals surface area (Å²) in [4.78, 5) is 0. The molecule has 0 aliphatic carbocycles. The lowest BCUT2D eigenvalue weighted by Crippen LogP contribution is -1.99. The summed E-state index contributed by atoms with van der Waals surface area (Å²) >= 11 is 10.7. The van der Waals surface area contributed by atoms with E-state index in [0.29, 0.717) is 5.03 Å². The average molecular weight is 179 g/mol. The van der Waals surface area contributed by atoms with Crippen LogP contribution in [-0.2, 0) is 0 Å². The summed E-state index contributed by atoms with van der Waals surface area (Å²) in [6.45, 7) is 3.48. The van der Waals surface area contributed by atoms with Gasteiger partial charge in [-0.3, -0.25) is 5.01 Å². The molecule has 0 aromatic carbocycles. The quantitative estimate of drug-likeness (QED) is 0.479. The molecule has 0 saturated heterocycles. The molecule has 0 aromatic heterocycles. The number of halogens is 2. The highest BCUT2D eigenvalue weighted by Crippen LogP contribution is 1.99. The van der Waals surface area contributed by atoms with Crippen molar-refractivity contribution in [2.45, 2.75) is 0 Å². The lowest BCUT2D eigenvalue weighted by Gasteiger charge is -2.02. The Morgan fingerprint density at radius 1 is 1.70 bits per heavy atom. The number of rotatable bonds is 3. The summed E-state index contributed by atoms with van der Waals surface area (Å²) in [6.07, 6.45) is 2.98. The molecule has 0 rings (SSSR count). The highest BCUT2D eigenvalue weighted by molar-refractivity contribution is 6.43. The van der Waals surface area contributed by atoms with Crippen molar-refractivity contribution in [3.05, 3.63) is 23.3 Å². The maximum absolute atomic E-state index is 5.49. The van der Waals surface area contributed by atoms with Gasteiger partial charge in [0.25, 0.3) is 0 Å². The van der Waals surface area contributed by atoms with Crippen LogP contribution in [0.2, 0.25) is 0 Å². The Morgan fingerprint density at radius 3 is 2.70 bits per heavy atom. The van der Waals surface area contributed by atoms with Crippen LogP contribution in [0.25, 0.3) is 0 Å². The molecule has 0 aromatic rings. The number of allylic oxidation sites excluding steroid dienone is 1. The van der Waals surface area contributed by atoms with Crippen molar-refractivity contribution < 1.29 is 0 Å². The van der Waals surface area contributed by atoms with Crippen molar-refractivity contribution in [3.8, 4) is 0 Å². The molecule has 0 bridgehead atoms. The summed E-state index contributed by atoms with van der Waals surface area (Å²) in [5, 5.41) is 5.72. The number of hydrazone groups is 1. The van der Waals surface area contributed by atoms with Gasteiger partial charge in [-0.2, -0.15) is 5.10 Å². The second-order valence-corrected chi connectivity index (χ2v) is 2.15. The van der Waals surface area contributed by atoms with Gasteiger partial charge in [-0.15, -0.1) is 0 Å². The van der Waals surface area contributed by atoms with E-state index in [4.69, 9.17) is 23.2 Å². The van der Waals surface area contributed by atoms with Gasteiger partial charge < -0.3 is 0 Å². The van der Waals surface area contributed by atoms with Crippen LogP contribution in [0, 0.1) is 0 Å². The van der Waals surface area contributed by atoms with Crippen molar-refractivity contribution in [1.29, 1.82) is 0 Å². The first-order valence-corrected chi connectivity index (χ1v) is 3.37. The van der Waals surface area contributed by atoms with Crippen LogP contribution in [-0.4, -0.2) is 18.3 Å². The molecular weight excluding hydrogens is 171 g/mol. The van der Waals surface area contributed by atoms with Gasteiger partial charge in [0.2, 0.25) is 0 Å². The van der Waals surface area contributed by atoms with Crippen LogP contribution in [0.5, 0.6) is 0 Å². The second-order valence-electron chi connectivity index (χ2n) is 1.49. The molecule has 10 heavy (non-hydrogen) atoms. The van der Waals surface area contributed by atoms with E-state index in [2.05, 4.69) is 11.7 Å². The molecule has 0 N–H and O–H groups in total. The number of nitrogens with zero attached hydrogens (tertiary/aromatic N) is 2. The molecule has 0 spiro atoms. The summed E-state index contributed by atoms with van der Waals surface area (Å²) in [6, 6.07) is 0. The van der Waals surface area contributed by atoms with Crippen molar-refractivity contribution in [2.24, 2.45) is 5.10 Å². The molecule has 0 aliphatic rings. The molecule has 0 atom stereocenters. The van der Waals surface area contributed by atoms with E-state index >= 15 is 0 Å². The molecule has 0 radical (unpaired) electrons. The van der Waals surface area contributed by atoms with Crippen LogP contribution in [0.4, 0.5) is 0 Å². The SMILES string of the molecule is C=CN(C)/N=C\C(Cl)=C\Cl. The predicted molar refractivity (Wildman–Crippen MR) is 46.2 cm³/mol. The van der Waals surface area contributed by atoms with E-state index in [0.717, 1.165) is 0 Å². The minimum absolute atomic E-state index is 0.385. The maximum atomic E-state index is 5.49. The van der Waals surface area contributed by atoms with E-state index in [1.807, 2.05) is 0 Å². The molecule has 4 heteroatoms. The Morgan fingerprint density at radius 2 is 2.30 bits per heavy atom. The van der Waals surface area contributed by atoms with Gasteiger partial charge in [-0.1, -0.05) is 29.8 Å². The van der Waals surface area contributed by atoms with Crippen LogP contribution >= 0.6 is 23.2 Å². The minimum Gasteiger partial charge on any atom is -0.276 e. The average Bonchev–Trinajstić information content (AvgIpc) is 1.99. The highest BCUT2D eigenvalue weighted by atomic mass is 35.5. The zero-order chi connectivity index (χ0) is 7.98. The Balaban J connectivity index is 3.86. The lowest BCUT2D eigenvalue weighted by atomic mass is 10.7.